The molecule has 2 bridgehead atoms. The van der Waals surface area contributed by atoms with Crippen molar-refractivity contribution < 1.29 is 19.4 Å². The summed E-state index contributed by atoms with van der Waals surface area (Å²) >= 11 is 0. The van der Waals surface area contributed by atoms with Gasteiger partial charge >= 0.3 is 12.1 Å². The normalized spacial score (nSPS) is 39.0. The van der Waals surface area contributed by atoms with Crippen LogP contribution in [0.4, 0.5) is 4.79 Å². The van der Waals surface area contributed by atoms with Crippen molar-refractivity contribution >= 4 is 12.1 Å². The van der Waals surface area contributed by atoms with Crippen LogP contribution in [-0.4, -0.2) is 40.8 Å². The monoisotopic (exact) mass is 281 g/mol. The molecule has 1 heterocycles. The minimum absolute atomic E-state index is 0.204. The molecule has 1 unspecified atom stereocenters. The number of likely N-dealkylation sites (tertiary alicyclic amines) is 1. The van der Waals surface area contributed by atoms with E-state index in [0.29, 0.717) is 5.92 Å². The van der Waals surface area contributed by atoms with Gasteiger partial charge in [0.25, 0.3) is 0 Å². The predicted octanol–water partition coefficient (Wildman–Crippen LogP) is 2.50. The van der Waals surface area contributed by atoms with Crippen LogP contribution in [0.5, 0.6) is 0 Å². The van der Waals surface area contributed by atoms with Gasteiger partial charge in [-0.1, -0.05) is 0 Å². The van der Waals surface area contributed by atoms with Crippen molar-refractivity contribution in [2.75, 3.05) is 13.1 Å². The van der Waals surface area contributed by atoms with Crippen LogP contribution in [0.15, 0.2) is 0 Å². The first-order chi connectivity index (χ1) is 9.16. The van der Waals surface area contributed by atoms with Crippen molar-refractivity contribution in [3.8, 4) is 0 Å². The third-order valence-electron chi connectivity index (χ3n) is 5.23. The van der Waals surface area contributed by atoms with Gasteiger partial charge in [-0.15, -0.1) is 0 Å². The van der Waals surface area contributed by atoms with E-state index in [1.54, 1.807) is 4.90 Å². The Labute approximate surface area is 119 Å². The van der Waals surface area contributed by atoms with E-state index in [1.165, 1.54) is 0 Å². The van der Waals surface area contributed by atoms with Crippen molar-refractivity contribution in [3.63, 3.8) is 0 Å². The highest BCUT2D eigenvalue weighted by Crippen LogP contribution is 2.77. The molecule has 0 aromatic heterocycles. The number of carboxylic acid groups (broad SMARTS) is 1. The average molecular weight is 281 g/mol. The van der Waals surface area contributed by atoms with Gasteiger partial charge in [0.15, 0.2) is 0 Å². The van der Waals surface area contributed by atoms with E-state index < -0.39 is 17.0 Å². The summed E-state index contributed by atoms with van der Waals surface area (Å²) in [6.45, 7) is 7.08. The molecule has 0 aromatic rings. The second-order valence-corrected chi connectivity index (χ2v) is 7.89. The number of amides is 1. The number of hydrogen-bond acceptors (Lipinski definition) is 3. The highest BCUT2D eigenvalue weighted by molar-refractivity contribution is 5.79. The largest absolute Gasteiger partial charge is 0.481 e. The Morgan fingerprint density at radius 1 is 1.25 bits per heavy atom. The molecule has 1 N–H and O–H groups in total. The van der Waals surface area contributed by atoms with Gasteiger partial charge in [-0.05, 0) is 57.8 Å². The van der Waals surface area contributed by atoms with E-state index in [1.807, 2.05) is 20.8 Å². The Kier molecular flexibility index (Phi) is 2.67. The maximum absolute atomic E-state index is 12.0. The summed E-state index contributed by atoms with van der Waals surface area (Å²) in [6.07, 6.45) is 3.17. The molecule has 3 aliphatic carbocycles. The summed E-state index contributed by atoms with van der Waals surface area (Å²) in [5.74, 6) is -0.183. The van der Waals surface area contributed by atoms with Crippen LogP contribution in [0.1, 0.15) is 46.5 Å². The molecule has 1 saturated heterocycles. The van der Waals surface area contributed by atoms with E-state index in [4.69, 9.17) is 4.74 Å². The SMILES string of the molecule is CC(C)(C)OC(=O)N1CCC(C23CC(C(=O)O)(C2)C3)C1. The summed E-state index contributed by atoms with van der Waals surface area (Å²) < 4.78 is 5.40. The second kappa shape index (κ2) is 3.89. The Morgan fingerprint density at radius 2 is 1.85 bits per heavy atom. The molecule has 4 aliphatic rings. The molecule has 1 aliphatic heterocycles. The molecule has 0 aromatic carbocycles. The highest BCUT2D eigenvalue weighted by Gasteiger charge is 2.74. The number of carbonyl (C=O) groups excluding carboxylic acids is 1. The van der Waals surface area contributed by atoms with E-state index in [-0.39, 0.29) is 11.5 Å². The maximum Gasteiger partial charge on any atom is 0.410 e. The predicted molar refractivity (Wildman–Crippen MR) is 72.3 cm³/mol. The van der Waals surface area contributed by atoms with E-state index >= 15 is 0 Å². The standard InChI is InChI=1S/C15H23NO4/c1-13(2,3)20-12(19)16-5-4-10(6-16)14-7-15(8-14,9-14)11(17)18/h10H,4-9H2,1-3H3,(H,17,18). The zero-order valence-corrected chi connectivity index (χ0v) is 12.4. The Morgan fingerprint density at radius 3 is 2.35 bits per heavy atom. The topological polar surface area (TPSA) is 66.8 Å². The van der Waals surface area contributed by atoms with Crippen molar-refractivity contribution in [1.82, 2.24) is 4.90 Å². The zero-order chi connectivity index (χ0) is 14.8. The average Bonchev–Trinajstić information content (AvgIpc) is 2.58. The van der Waals surface area contributed by atoms with Crippen molar-refractivity contribution in [2.45, 2.75) is 52.1 Å². The first-order valence-electron chi connectivity index (χ1n) is 7.37. The fraction of sp³-hybridized carbons (Fsp3) is 0.867. The summed E-state index contributed by atoms with van der Waals surface area (Å²) in [6, 6.07) is 0. The van der Waals surface area contributed by atoms with Crippen LogP contribution in [0.25, 0.3) is 0 Å². The Hall–Kier alpha value is -1.26. The number of carboxylic acids is 1. The molecule has 1 atom stereocenters. The van der Waals surface area contributed by atoms with Gasteiger partial charge in [0.05, 0.1) is 5.41 Å². The lowest BCUT2D eigenvalue weighted by atomic mass is 9.32. The molecule has 20 heavy (non-hydrogen) atoms. The van der Waals surface area contributed by atoms with Crippen LogP contribution in [0, 0.1) is 16.7 Å². The number of aliphatic carboxylic acids is 1. The van der Waals surface area contributed by atoms with Gasteiger partial charge in [0.1, 0.15) is 5.60 Å². The van der Waals surface area contributed by atoms with E-state index in [2.05, 4.69) is 0 Å². The molecule has 0 spiro atoms. The first-order valence-corrected chi connectivity index (χ1v) is 7.37. The Balaban J connectivity index is 1.55. The van der Waals surface area contributed by atoms with Gasteiger partial charge in [-0.25, -0.2) is 4.79 Å². The lowest BCUT2D eigenvalue weighted by molar-refractivity contribution is -0.240. The summed E-state index contributed by atoms with van der Waals surface area (Å²) in [5.41, 5.74) is -0.673. The van der Waals surface area contributed by atoms with E-state index in [9.17, 15) is 14.7 Å². The van der Waals surface area contributed by atoms with Crippen LogP contribution >= 0.6 is 0 Å². The Bertz CT molecular complexity index is 445. The number of nitrogens with zero attached hydrogens (tertiary/aromatic N) is 1. The number of carbonyl (C=O) groups is 2. The van der Waals surface area contributed by atoms with Crippen LogP contribution < -0.4 is 0 Å². The van der Waals surface area contributed by atoms with Gasteiger partial charge < -0.3 is 14.7 Å². The van der Waals surface area contributed by atoms with Gasteiger partial charge in [0, 0.05) is 13.1 Å². The van der Waals surface area contributed by atoms with E-state index in [0.717, 1.165) is 38.8 Å². The van der Waals surface area contributed by atoms with Gasteiger partial charge in [-0.3, -0.25) is 4.79 Å². The minimum Gasteiger partial charge on any atom is -0.481 e. The molecule has 112 valence electrons. The van der Waals surface area contributed by atoms with Crippen molar-refractivity contribution in [3.05, 3.63) is 0 Å². The highest BCUT2D eigenvalue weighted by atomic mass is 16.6. The molecule has 5 heteroatoms. The fourth-order valence-corrected chi connectivity index (χ4v) is 4.28. The second-order valence-electron chi connectivity index (χ2n) is 7.89. The molecule has 5 nitrogen and oxygen atoms in total. The minimum atomic E-state index is -0.638. The van der Waals surface area contributed by atoms with Gasteiger partial charge in [-0.2, -0.15) is 0 Å². The molecule has 3 saturated carbocycles. The molecular weight excluding hydrogens is 258 g/mol. The summed E-state index contributed by atoms with van der Waals surface area (Å²) in [4.78, 5) is 25.0. The maximum atomic E-state index is 12.0. The van der Waals surface area contributed by atoms with Crippen LogP contribution in [0.2, 0.25) is 0 Å². The quantitative estimate of drug-likeness (QED) is 0.844. The zero-order valence-electron chi connectivity index (χ0n) is 12.4. The third kappa shape index (κ3) is 1.90. The smallest absolute Gasteiger partial charge is 0.410 e. The molecule has 4 fully saturated rings. The summed E-state index contributed by atoms with van der Waals surface area (Å²) in [5, 5.41) is 9.17. The number of rotatable bonds is 2. The lowest BCUT2D eigenvalue weighted by Gasteiger charge is -2.70. The molecule has 1 amide bonds. The molecule has 4 rings (SSSR count). The fourth-order valence-electron chi connectivity index (χ4n) is 4.28. The number of ether oxygens (including phenoxy) is 1. The van der Waals surface area contributed by atoms with Crippen LogP contribution in [-0.2, 0) is 9.53 Å². The van der Waals surface area contributed by atoms with Crippen molar-refractivity contribution in [2.24, 2.45) is 16.7 Å². The first kappa shape index (κ1) is 13.7. The molecule has 0 radical (unpaired) electrons. The van der Waals surface area contributed by atoms with Gasteiger partial charge in [0.2, 0.25) is 0 Å². The summed E-state index contributed by atoms with van der Waals surface area (Å²) in [7, 11) is 0. The number of hydrogen-bond donors (Lipinski definition) is 1. The van der Waals surface area contributed by atoms with Crippen LogP contribution in [0.3, 0.4) is 0 Å². The van der Waals surface area contributed by atoms with Crippen molar-refractivity contribution in [1.29, 1.82) is 0 Å². The lowest BCUT2D eigenvalue weighted by Crippen LogP contribution is -2.68. The third-order valence-corrected chi connectivity index (χ3v) is 5.23. The molecular formula is C15H23NO4.